The number of nitrogens with one attached hydrogen (secondary N) is 1. The van der Waals surface area contributed by atoms with Crippen LogP contribution in [0.4, 0.5) is 5.82 Å². The molecule has 0 unspecified atom stereocenters. The molecule has 17 heavy (non-hydrogen) atoms. The molecule has 86 valence electrons. The van der Waals surface area contributed by atoms with E-state index in [-0.39, 0.29) is 5.91 Å². The minimum atomic E-state index is -0.274. The summed E-state index contributed by atoms with van der Waals surface area (Å²) in [6.45, 7) is 1.94. The van der Waals surface area contributed by atoms with E-state index in [1.165, 1.54) is 0 Å². The van der Waals surface area contributed by atoms with Crippen LogP contribution in [0.3, 0.4) is 0 Å². The Bertz CT molecular complexity index is 557. The lowest BCUT2D eigenvalue weighted by atomic mass is 10.3. The highest BCUT2D eigenvalue weighted by molar-refractivity contribution is 9.10. The molecule has 0 aliphatic carbocycles. The monoisotopic (exact) mass is 291 g/mol. The van der Waals surface area contributed by atoms with Gasteiger partial charge >= 0.3 is 0 Å². The van der Waals surface area contributed by atoms with E-state index < -0.39 is 0 Å². The van der Waals surface area contributed by atoms with Crippen molar-refractivity contribution < 1.29 is 4.79 Å². The van der Waals surface area contributed by atoms with E-state index in [0.717, 1.165) is 10.0 Å². The quantitative estimate of drug-likeness (QED) is 0.926. The summed E-state index contributed by atoms with van der Waals surface area (Å²) in [5, 5.41) is 2.69. The first-order valence-corrected chi connectivity index (χ1v) is 5.80. The summed E-state index contributed by atoms with van der Waals surface area (Å²) in [6.07, 6.45) is 3.22. The van der Waals surface area contributed by atoms with Crippen LogP contribution >= 0.6 is 15.9 Å². The van der Waals surface area contributed by atoms with Gasteiger partial charge in [-0.25, -0.2) is 4.98 Å². The first-order chi connectivity index (χ1) is 8.15. The summed E-state index contributed by atoms with van der Waals surface area (Å²) in [7, 11) is 0. The molecular weight excluding hydrogens is 282 g/mol. The number of carbonyl (C=O) groups excluding carboxylic acids is 1. The van der Waals surface area contributed by atoms with E-state index in [1.54, 1.807) is 30.6 Å². The Balaban J connectivity index is 2.17. The SMILES string of the molecule is Cc1ccnc(NC(=O)c2cc(Br)ccn2)c1. The Morgan fingerprint density at radius 1 is 1.24 bits per heavy atom. The number of anilines is 1. The van der Waals surface area contributed by atoms with E-state index in [9.17, 15) is 4.79 Å². The minimum Gasteiger partial charge on any atom is -0.305 e. The summed E-state index contributed by atoms with van der Waals surface area (Å²) in [4.78, 5) is 19.9. The number of halogens is 1. The predicted octanol–water partition coefficient (Wildman–Crippen LogP) is 2.80. The molecule has 2 rings (SSSR count). The van der Waals surface area contributed by atoms with Gasteiger partial charge in [-0.2, -0.15) is 0 Å². The van der Waals surface area contributed by atoms with Gasteiger partial charge in [-0.15, -0.1) is 0 Å². The Morgan fingerprint density at radius 3 is 2.71 bits per heavy atom. The third-order valence-electron chi connectivity index (χ3n) is 2.11. The fourth-order valence-electron chi connectivity index (χ4n) is 1.31. The third kappa shape index (κ3) is 3.10. The van der Waals surface area contributed by atoms with Crippen LogP contribution in [0, 0.1) is 6.92 Å². The molecule has 0 radical (unpaired) electrons. The maximum atomic E-state index is 11.8. The van der Waals surface area contributed by atoms with Crippen molar-refractivity contribution in [1.82, 2.24) is 9.97 Å². The topological polar surface area (TPSA) is 54.9 Å². The zero-order valence-electron chi connectivity index (χ0n) is 9.14. The van der Waals surface area contributed by atoms with Crippen molar-refractivity contribution >= 4 is 27.7 Å². The van der Waals surface area contributed by atoms with Gasteiger partial charge in [-0.3, -0.25) is 9.78 Å². The molecule has 1 N–H and O–H groups in total. The highest BCUT2D eigenvalue weighted by atomic mass is 79.9. The third-order valence-corrected chi connectivity index (χ3v) is 2.60. The van der Waals surface area contributed by atoms with Gasteiger partial charge in [-0.05, 0) is 36.8 Å². The Morgan fingerprint density at radius 2 is 2.00 bits per heavy atom. The second-order valence-corrected chi connectivity index (χ2v) is 4.45. The average molecular weight is 292 g/mol. The van der Waals surface area contributed by atoms with Crippen LogP contribution in [0.25, 0.3) is 0 Å². The van der Waals surface area contributed by atoms with Crippen molar-refractivity contribution in [2.45, 2.75) is 6.92 Å². The number of pyridine rings is 2. The second-order valence-electron chi connectivity index (χ2n) is 3.53. The molecule has 0 atom stereocenters. The number of aromatic nitrogens is 2. The number of hydrogen-bond donors (Lipinski definition) is 1. The van der Waals surface area contributed by atoms with Crippen LogP contribution < -0.4 is 5.32 Å². The van der Waals surface area contributed by atoms with Crippen LogP contribution in [0.15, 0.2) is 41.1 Å². The number of aryl methyl sites for hydroxylation is 1. The van der Waals surface area contributed by atoms with E-state index in [2.05, 4.69) is 31.2 Å². The number of hydrogen-bond acceptors (Lipinski definition) is 3. The molecule has 1 amide bonds. The molecule has 0 fully saturated rings. The zero-order valence-corrected chi connectivity index (χ0v) is 10.7. The van der Waals surface area contributed by atoms with Gasteiger partial charge in [0.2, 0.25) is 0 Å². The number of amides is 1. The molecule has 0 aromatic carbocycles. The second kappa shape index (κ2) is 5.05. The molecule has 0 aliphatic rings. The summed E-state index contributed by atoms with van der Waals surface area (Å²) in [5.41, 5.74) is 1.39. The summed E-state index contributed by atoms with van der Waals surface area (Å²) in [5.74, 6) is 0.251. The molecule has 2 aromatic heterocycles. The average Bonchev–Trinajstić information content (AvgIpc) is 2.29. The lowest BCUT2D eigenvalue weighted by Gasteiger charge is -2.04. The first kappa shape index (κ1) is 11.7. The van der Waals surface area contributed by atoms with Gasteiger partial charge in [0.05, 0.1) is 0 Å². The van der Waals surface area contributed by atoms with Crippen LogP contribution in [-0.2, 0) is 0 Å². The molecule has 4 nitrogen and oxygen atoms in total. The maximum Gasteiger partial charge on any atom is 0.275 e. The van der Waals surface area contributed by atoms with Gasteiger partial charge in [0.25, 0.3) is 5.91 Å². The van der Waals surface area contributed by atoms with Gasteiger partial charge < -0.3 is 5.32 Å². The minimum absolute atomic E-state index is 0.274. The first-order valence-electron chi connectivity index (χ1n) is 5.01. The van der Waals surface area contributed by atoms with Gasteiger partial charge in [0.1, 0.15) is 11.5 Å². The number of carbonyl (C=O) groups is 1. The van der Waals surface area contributed by atoms with Crippen LogP contribution in [0.5, 0.6) is 0 Å². The zero-order chi connectivity index (χ0) is 12.3. The Hall–Kier alpha value is -1.75. The summed E-state index contributed by atoms with van der Waals surface area (Å²) < 4.78 is 0.815. The van der Waals surface area contributed by atoms with Gasteiger partial charge in [-0.1, -0.05) is 15.9 Å². The van der Waals surface area contributed by atoms with Crippen molar-refractivity contribution in [3.63, 3.8) is 0 Å². The van der Waals surface area contributed by atoms with Crippen molar-refractivity contribution in [1.29, 1.82) is 0 Å². The molecular formula is C12H10BrN3O. The normalized spacial score (nSPS) is 10.0. The summed E-state index contributed by atoms with van der Waals surface area (Å²) >= 11 is 3.29. The molecule has 2 heterocycles. The van der Waals surface area contributed by atoms with Crippen LogP contribution in [-0.4, -0.2) is 15.9 Å². The molecule has 2 aromatic rings. The van der Waals surface area contributed by atoms with Crippen molar-refractivity contribution in [3.05, 3.63) is 52.4 Å². The van der Waals surface area contributed by atoms with Crippen molar-refractivity contribution in [2.24, 2.45) is 0 Å². The van der Waals surface area contributed by atoms with Crippen molar-refractivity contribution in [3.8, 4) is 0 Å². The van der Waals surface area contributed by atoms with Gasteiger partial charge in [0, 0.05) is 16.9 Å². The van der Waals surface area contributed by atoms with Crippen LogP contribution in [0.2, 0.25) is 0 Å². The molecule has 0 aliphatic heterocycles. The fraction of sp³-hybridized carbons (Fsp3) is 0.0833. The Labute approximate surface area is 107 Å². The largest absolute Gasteiger partial charge is 0.305 e. The van der Waals surface area contributed by atoms with Gasteiger partial charge in [0.15, 0.2) is 0 Å². The molecule has 0 bridgehead atoms. The van der Waals surface area contributed by atoms with E-state index in [1.807, 2.05) is 13.0 Å². The lowest BCUT2D eigenvalue weighted by Crippen LogP contribution is -2.14. The molecule has 0 saturated carbocycles. The fourth-order valence-corrected chi connectivity index (χ4v) is 1.65. The smallest absolute Gasteiger partial charge is 0.275 e. The molecule has 0 saturated heterocycles. The maximum absolute atomic E-state index is 11.8. The van der Waals surface area contributed by atoms with E-state index in [0.29, 0.717) is 11.5 Å². The van der Waals surface area contributed by atoms with Crippen molar-refractivity contribution in [2.75, 3.05) is 5.32 Å². The lowest BCUT2D eigenvalue weighted by molar-refractivity contribution is 0.102. The highest BCUT2D eigenvalue weighted by Crippen LogP contribution is 2.11. The summed E-state index contributed by atoms with van der Waals surface area (Å²) in [6, 6.07) is 7.09. The van der Waals surface area contributed by atoms with Crippen LogP contribution in [0.1, 0.15) is 16.1 Å². The number of rotatable bonds is 2. The van der Waals surface area contributed by atoms with E-state index >= 15 is 0 Å². The predicted molar refractivity (Wildman–Crippen MR) is 68.9 cm³/mol. The highest BCUT2D eigenvalue weighted by Gasteiger charge is 2.08. The Kier molecular flexibility index (Phi) is 3.49. The number of nitrogens with zero attached hydrogens (tertiary/aromatic N) is 2. The molecule has 5 heteroatoms. The van der Waals surface area contributed by atoms with E-state index in [4.69, 9.17) is 0 Å². The molecule has 0 spiro atoms. The standard InChI is InChI=1S/C12H10BrN3O/c1-8-2-4-15-11(6-8)16-12(17)10-7-9(13)3-5-14-10/h2-7H,1H3,(H,15,16,17).